The molecule has 0 aliphatic heterocycles. The second kappa shape index (κ2) is 7.96. The Bertz CT molecular complexity index is 537. The minimum absolute atomic E-state index is 0.0687. The number of hydrogen-bond donors (Lipinski definition) is 2. The standard InChI is InChI=1S/C15H29N3O2S/c1-5-7-18-11-15(9-14(18)10-16)21(19,20)17-13(4)8-12(3)6-2/h9,11-13,17H,5-8,10,16H2,1-4H3. The molecule has 3 N–H and O–H groups in total. The quantitative estimate of drug-likeness (QED) is 0.735. The van der Waals surface area contributed by atoms with E-state index >= 15 is 0 Å². The predicted octanol–water partition coefficient (Wildman–Crippen LogP) is 2.46. The molecule has 1 aromatic heterocycles. The number of sulfonamides is 1. The van der Waals surface area contributed by atoms with E-state index in [0.717, 1.165) is 31.5 Å². The number of nitrogens with zero attached hydrogens (tertiary/aromatic N) is 1. The number of aromatic nitrogens is 1. The number of hydrogen-bond acceptors (Lipinski definition) is 3. The zero-order valence-corrected chi connectivity index (χ0v) is 14.4. The summed E-state index contributed by atoms with van der Waals surface area (Å²) in [7, 11) is -3.47. The molecule has 0 saturated carbocycles. The lowest BCUT2D eigenvalue weighted by Crippen LogP contribution is -2.33. The summed E-state index contributed by atoms with van der Waals surface area (Å²) in [6, 6.07) is 1.61. The molecule has 0 amide bonds. The Morgan fingerprint density at radius 1 is 1.33 bits per heavy atom. The second-order valence-corrected chi connectivity index (χ2v) is 7.55. The Balaban J connectivity index is 2.87. The molecule has 0 bridgehead atoms. The molecule has 0 aliphatic carbocycles. The first-order chi connectivity index (χ1) is 9.83. The van der Waals surface area contributed by atoms with Crippen LogP contribution in [0.25, 0.3) is 0 Å². The van der Waals surface area contributed by atoms with Crippen LogP contribution in [0.4, 0.5) is 0 Å². The molecule has 122 valence electrons. The Hall–Kier alpha value is -0.850. The van der Waals surface area contributed by atoms with Crippen molar-refractivity contribution in [3.05, 3.63) is 18.0 Å². The van der Waals surface area contributed by atoms with Gasteiger partial charge in [-0.1, -0.05) is 27.2 Å². The molecule has 1 heterocycles. The molecule has 0 saturated heterocycles. The largest absolute Gasteiger partial charge is 0.349 e. The third-order valence-corrected chi connectivity index (χ3v) is 5.31. The lowest BCUT2D eigenvalue weighted by molar-refractivity contribution is 0.445. The van der Waals surface area contributed by atoms with Crippen molar-refractivity contribution in [3.8, 4) is 0 Å². The predicted molar refractivity (Wildman–Crippen MR) is 86.5 cm³/mol. The van der Waals surface area contributed by atoms with Gasteiger partial charge in [-0.15, -0.1) is 0 Å². The van der Waals surface area contributed by atoms with Gasteiger partial charge in [-0.25, -0.2) is 13.1 Å². The first kappa shape index (κ1) is 18.2. The van der Waals surface area contributed by atoms with Gasteiger partial charge in [0, 0.05) is 31.0 Å². The molecule has 1 aromatic rings. The Morgan fingerprint density at radius 3 is 2.52 bits per heavy atom. The van der Waals surface area contributed by atoms with Crippen molar-refractivity contribution in [2.75, 3.05) is 0 Å². The maximum Gasteiger partial charge on any atom is 0.242 e. The van der Waals surface area contributed by atoms with E-state index in [2.05, 4.69) is 25.5 Å². The Kier molecular flexibility index (Phi) is 6.90. The smallest absolute Gasteiger partial charge is 0.242 e. The van der Waals surface area contributed by atoms with Crippen LogP contribution in [0.5, 0.6) is 0 Å². The van der Waals surface area contributed by atoms with Gasteiger partial charge in [-0.3, -0.25) is 0 Å². The van der Waals surface area contributed by atoms with Gasteiger partial charge in [0.15, 0.2) is 0 Å². The summed E-state index contributed by atoms with van der Waals surface area (Å²) in [6.07, 6.45) is 4.52. The van der Waals surface area contributed by atoms with Gasteiger partial charge in [-0.2, -0.15) is 0 Å². The highest BCUT2D eigenvalue weighted by Crippen LogP contribution is 2.17. The maximum atomic E-state index is 12.4. The average molecular weight is 315 g/mol. The SMILES string of the molecule is CCCn1cc(S(=O)(=O)NC(C)CC(C)CC)cc1CN. The van der Waals surface area contributed by atoms with Gasteiger partial charge < -0.3 is 10.3 Å². The van der Waals surface area contributed by atoms with E-state index in [-0.39, 0.29) is 6.04 Å². The molecular weight excluding hydrogens is 286 g/mol. The zero-order chi connectivity index (χ0) is 16.0. The zero-order valence-electron chi connectivity index (χ0n) is 13.6. The monoisotopic (exact) mass is 315 g/mol. The molecule has 0 radical (unpaired) electrons. The molecule has 2 atom stereocenters. The van der Waals surface area contributed by atoms with Crippen LogP contribution in [0.1, 0.15) is 52.7 Å². The molecule has 2 unspecified atom stereocenters. The lowest BCUT2D eigenvalue weighted by Gasteiger charge is -2.17. The van der Waals surface area contributed by atoms with Gasteiger partial charge in [0.25, 0.3) is 0 Å². The summed E-state index contributed by atoms with van der Waals surface area (Å²) in [5, 5.41) is 0. The van der Waals surface area contributed by atoms with Gasteiger partial charge in [0.1, 0.15) is 0 Å². The average Bonchev–Trinajstić information content (AvgIpc) is 2.82. The minimum Gasteiger partial charge on any atom is -0.349 e. The third kappa shape index (κ3) is 5.13. The van der Waals surface area contributed by atoms with Crippen molar-refractivity contribution in [1.82, 2.24) is 9.29 Å². The fraction of sp³-hybridized carbons (Fsp3) is 0.733. The van der Waals surface area contributed by atoms with Crippen LogP contribution >= 0.6 is 0 Å². The van der Waals surface area contributed by atoms with E-state index in [9.17, 15) is 8.42 Å². The summed E-state index contributed by atoms with van der Waals surface area (Å²) in [5.41, 5.74) is 6.54. The van der Waals surface area contributed by atoms with E-state index in [1.54, 1.807) is 12.3 Å². The highest BCUT2D eigenvalue weighted by Gasteiger charge is 2.21. The summed E-state index contributed by atoms with van der Waals surface area (Å²) in [6.45, 7) is 9.35. The molecule has 0 fully saturated rings. The van der Waals surface area contributed by atoms with Crippen molar-refractivity contribution in [1.29, 1.82) is 0 Å². The molecule has 0 aliphatic rings. The first-order valence-electron chi connectivity index (χ1n) is 7.75. The molecule has 0 aromatic carbocycles. The summed E-state index contributed by atoms with van der Waals surface area (Å²) < 4.78 is 29.6. The van der Waals surface area contributed by atoms with Crippen LogP contribution in [0, 0.1) is 5.92 Å². The third-order valence-electron chi connectivity index (χ3n) is 3.75. The Labute approximate surface area is 129 Å². The van der Waals surface area contributed by atoms with E-state index in [4.69, 9.17) is 5.73 Å². The van der Waals surface area contributed by atoms with Crippen LogP contribution in [0.2, 0.25) is 0 Å². The van der Waals surface area contributed by atoms with Gasteiger partial charge in [0.05, 0.1) is 4.90 Å². The van der Waals surface area contributed by atoms with Gasteiger partial charge in [-0.05, 0) is 31.7 Å². The van der Waals surface area contributed by atoms with E-state index < -0.39 is 10.0 Å². The van der Waals surface area contributed by atoms with E-state index in [1.807, 2.05) is 11.5 Å². The van der Waals surface area contributed by atoms with Crippen LogP contribution in [0.3, 0.4) is 0 Å². The normalized spacial score (nSPS) is 15.1. The Morgan fingerprint density at radius 2 is 2.00 bits per heavy atom. The molecule has 0 spiro atoms. The summed E-state index contributed by atoms with van der Waals surface area (Å²) in [5.74, 6) is 0.506. The second-order valence-electron chi connectivity index (χ2n) is 5.84. The van der Waals surface area contributed by atoms with Crippen LogP contribution in [-0.4, -0.2) is 19.0 Å². The summed E-state index contributed by atoms with van der Waals surface area (Å²) >= 11 is 0. The minimum atomic E-state index is -3.47. The summed E-state index contributed by atoms with van der Waals surface area (Å²) in [4.78, 5) is 0.312. The molecular formula is C15H29N3O2S. The number of aryl methyl sites for hydroxylation is 1. The van der Waals surface area contributed by atoms with Crippen molar-refractivity contribution in [2.24, 2.45) is 11.7 Å². The number of rotatable bonds is 9. The fourth-order valence-corrected chi connectivity index (χ4v) is 3.76. The van der Waals surface area contributed by atoms with Crippen molar-refractivity contribution in [3.63, 3.8) is 0 Å². The number of nitrogens with one attached hydrogen (secondary N) is 1. The first-order valence-corrected chi connectivity index (χ1v) is 9.23. The van der Waals surface area contributed by atoms with Gasteiger partial charge in [0.2, 0.25) is 10.0 Å². The molecule has 1 rings (SSSR count). The van der Waals surface area contributed by atoms with Crippen LogP contribution < -0.4 is 10.5 Å². The lowest BCUT2D eigenvalue weighted by atomic mass is 10.0. The van der Waals surface area contributed by atoms with Gasteiger partial charge >= 0.3 is 0 Å². The van der Waals surface area contributed by atoms with Crippen LogP contribution in [-0.2, 0) is 23.1 Å². The highest BCUT2D eigenvalue weighted by atomic mass is 32.2. The maximum absolute atomic E-state index is 12.4. The molecule has 21 heavy (non-hydrogen) atoms. The topological polar surface area (TPSA) is 77.1 Å². The van der Waals surface area contributed by atoms with Crippen molar-refractivity contribution >= 4 is 10.0 Å². The number of nitrogens with two attached hydrogens (primary N) is 1. The highest BCUT2D eigenvalue weighted by molar-refractivity contribution is 7.89. The molecule has 5 nitrogen and oxygen atoms in total. The van der Waals surface area contributed by atoms with Crippen molar-refractivity contribution < 1.29 is 8.42 Å². The molecule has 6 heteroatoms. The van der Waals surface area contributed by atoms with E-state index in [1.165, 1.54) is 0 Å². The fourth-order valence-electron chi connectivity index (χ4n) is 2.44. The van der Waals surface area contributed by atoms with E-state index in [0.29, 0.717) is 17.4 Å². The van der Waals surface area contributed by atoms with Crippen LogP contribution in [0.15, 0.2) is 17.2 Å². The van der Waals surface area contributed by atoms with Crippen molar-refractivity contribution in [2.45, 2.75) is 71.0 Å².